The molecule has 0 aliphatic carbocycles. The monoisotopic (exact) mass is 255 g/mol. The summed E-state index contributed by atoms with van der Waals surface area (Å²) in [5, 5.41) is 0. The first kappa shape index (κ1) is 17.1. The minimum atomic E-state index is 0.0926. The van der Waals surface area contributed by atoms with Gasteiger partial charge in [-0.3, -0.25) is 9.59 Å². The standard InChI is InChI=1S/C15H29NO2/c1-5-14(17)11-9-7-6-8-10-12-16(4)15(18)13(2)3/h13H,5-12H2,1-4H3. The lowest BCUT2D eigenvalue weighted by atomic mass is 10.1. The molecule has 0 spiro atoms. The Balaban J connectivity index is 3.40. The second kappa shape index (κ2) is 10.1. The van der Waals surface area contributed by atoms with Crippen LogP contribution in [0.1, 0.15) is 65.7 Å². The third kappa shape index (κ3) is 8.26. The Morgan fingerprint density at radius 1 is 1.00 bits per heavy atom. The molecule has 0 fully saturated rings. The first-order chi connectivity index (χ1) is 8.49. The summed E-state index contributed by atoms with van der Waals surface area (Å²) in [5.41, 5.74) is 0. The van der Waals surface area contributed by atoms with Crippen LogP contribution in [0.2, 0.25) is 0 Å². The molecule has 0 aromatic carbocycles. The average Bonchev–Trinajstić information content (AvgIpc) is 2.35. The minimum absolute atomic E-state index is 0.0926. The topological polar surface area (TPSA) is 37.4 Å². The van der Waals surface area contributed by atoms with Gasteiger partial charge in [-0.2, -0.15) is 0 Å². The smallest absolute Gasteiger partial charge is 0.224 e. The van der Waals surface area contributed by atoms with Crippen molar-refractivity contribution in [2.24, 2.45) is 5.92 Å². The Morgan fingerprint density at radius 3 is 2.11 bits per heavy atom. The lowest BCUT2D eigenvalue weighted by Crippen LogP contribution is -2.31. The van der Waals surface area contributed by atoms with Crippen molar-refractivity contribution in [1.29, 1.82) is 0 Å². The predicted octanol–water partition coefficient (Wildman–Crippen LogP) is 3.42. The van der Waals surface area contributed by atoms with E-state index in [1.807, 2.05) is 32.7 Å². The number of carbonyl (C=O) groups excluding carboxylic acids is 2. The van der Waals surface area contributed by atoms with Gasteiger partial charge in [0.05, 0.1) is 0 Å². The van der Waals surface area contributed by atoms with E-state index in [1.54, 1.807) is 0 Å². The Kier molecular flexibility index (Phi) is 9.62. The summed E-state index contributed by atoms with van der Waals surface area (Å²) in [6, 6.07) is 0. The highest BCUT2D eigenvalue weighted by molar-refractivity contribution is 5.78. The average molecular weight is 255 g/mol. The number of hydrogen-bond acceptors (Lipinski definition) is 2. The first-order valence-corrected chi connectivity index (χ1v) is 7.25. The number of Topliss-reactive ketones (excluding diaryl/α,β-unsaturated/α-hetero) is 1. The fourth-order valence-corrected chi connectivity index (χ4v) is 1.93. The molecular formula is C15H29NO2. The number of amides is 1. The van der Waals surface area contributed by atoms with Crippen LogP contribution in [0.4, 0.5) is 0 Å². The van der Waals surface area contributed by atoms with E-state index in [0.717, 1.165) is 38.6 Å². The number of nitrogens with zero attached hydrogens (tertiary/aromatic N) is 1. The van der Waals surface area contributed by atoms with Crippen LogP contribution in [-0.2, 0) is 9.59 Å². The molecule has 0 aromatic rings. The molecule has 0 radical (unpaired) electrons. The van der Waals surface area contributed by atoms with Crippen molar-refractivity contribution in [2.45, 2.75) is 65.7 Å². The third-order valence-corrected chi connectivity index (χ3v) is 3.21. The van der Waals surface area contributed by atoms with Crippen molar-refractivity contribution in [1.82, 2.24) is 4.90 Å². The second-order valence-corrected chi connectivity index (χ2v) is 5.32. The fraction of sp³-hybridized carbons (Fsp3) is 0.867. The zero-order valence-electron chi connectivity index (χ0n) is 12.5. The van der Waals surface area contributed by atoms with E-state index in [-0.39, 0.29) is 11.8 Å². The molecule has 106 valence electrons. The molecular weight excluding hydrogens is 226 g/mol. The van der Waals surface area contributed by atoms with Gasteiger partial charge in [0, 0.05) is 32.4 Å². The lowest BCUT2D eigenvalue weighted by molar-refractivity contribution is -0.133. The first-order valence-electron chi connectivity index (χ1n) is 7.25. The molecule has 0 saturated carbocycles. The van der Waals surface area contributed by atoms with Gasteiger partial charge in [0.15, 0.2) is 0 Å². The molecule has 0 heterocycles. The van der Waals surface area contributed by atoms with E-state index >= 15 is 0 Å². The molecule has 0 aromatic heterocycles. The molecule has 3 heteroatoms. The van der Waals surface area contributed by atoms with E-state index < -0.39 is 0 Å². The molecule has 0 atom stereocenters. The van der Waals surface area contributed by atoms with Gasteiger partial charge < -0.3 is 4.90 Å². The van der Waals surface area contributed by atoms with Crippen molar-refractivity contribution in [2.75, 3.05) is 13.6 Å². The minimum Gasteiger partial charge on any atom is -0.346 e. The van der Waals surface area contributed by atoms with Crippen molar-refractivity contribution < 1.29 is 9.59 Å². The van der Waals surface area contributed by atoms with Crippen molar-refractivity contribution >= 4 is 11.7 Å². The highest BCUT2D eigenvalue weighted by Gasteiger charge is 2.11. The molecule has 0 aliphatic heterocycles. The van der Waals surface area contributed by atoms with E-state index in [2.05, 4.69) is 0 Å². The number of unbranched alkanes of at least 4 members (excludes halogenated alkanes) is 4. The van der Waals surface area contributed by atoms with E-state index in [9.17, 15) is 9.59 Å². The van der Waals surface area contributed by atoms with Gasteiger partial charge in [0.1, 0.15) is 5.78 Å². The predicted molar refractivity (Wildman–Crippen MR) is 75.5 cm³/mol. The quantitative estimate of drug-likeness (QED) is 0.561. The van der Waals surface area contributed by atoms with Crippen LogP contribution < -0.4 is 0 Å². The number of hydrogen-bond donors (Lipinski definition) is 0. The van der Waals surface area contributed by atoms with Crippen molar-refractivity contribution in [3.63, 3.8) is 0 Å². The maximum atomic E-state index is 11.6. The summed E-state index contributed by atoms with van der Waals surface area (Å²) in [6.45, 7) is 6.64. The van der Waals surface area contributed by atoms with E-state index in [0.29, 0.717) is 12.2 Å². The summed E-state index contributed by atoms with van der Waals surface area (Å²) in [6.07, 6.45) is 6.94. The van der Waals surface area contributed by atoms with Crippen LogP contribution >= 0.6 is 0 Å². The number of rotatable bonds is 10. The Bertz CT molecular complexity index is 249. The van der Waals surface area contributed by atoms with Gasteiger partial charge in [-0.25, -0.2) is 0 Å². The van der Waals surface area contributed by atoms with Gasteiger partial charge in [-0.05, 0) is 12.8 Å². The lowest BCUT2D eigenvalue weighted by Gasteiger charge is -2.19. The van der Waals surface area contributed by atoms with Crippen LogP contribution in [0.5, 0.6) is 0 Å². The third-order valence-electron chi connectivity index (χ3n) is 3.21. The highest BCUT2D eigenvalue weighted by Crippen LogP contribution is 2.08. The molecule has 0 N–H and O–H groups in total. The zero-order chi connectivity index (χ0) is 14.0. The fourth-order valence-electron chi connectivity index (χ4n) is 1.93. The maximum absolute atomic E-state index is 11.6. The van der Waals surface area contributed by atoms with Gasteiger partial charge in [0.25, 0.3) is 0 Å². The summed E-state index contributed by atoms with van der Waals surface area (Å²) >= 11 is 0. The van der Waals surface area contributed by atoms with Crippen molar-refractivity contribution in [3.05, 3.63) is 0 Å². The van der Waals surface area contributed by atoms with E-state index in [1.165, 1.54) is 6.42 Å². The summed E-state index contributed by atoms with van der Waals surface area (Å²) in [5.74, 6) is 0.691. The number of ketones is 1. The Hall–Kier alpha value is -0.860. The molecule has 0 unspecified atom stereocenters. The van der Waals surface area contributed by atoms with Crippen LogP contribution in [-0.4, -0.2) is 30.2 Å². The van der Waals surface area contributed by atoms with Gasteiger partial charge in [0.2, 0.25) is 5.91 Å². The molecule has 1 amide bonds. The van der Waals surface area contributed by atoms with Gasteiger partial charge in [-0.1, -0.05) is 40.0 Å². The van der Waals surface area contributed by atoms with Gasteiger partial charge >= 0.3 is 0 Å². The molecule has 18 heavy (non-hydrogen) atoms. The van der Waals surface area contributed by atoms with Crippen LogP contribution in [0.15, 0.2) is 0 Å². The zero-order valence-corrected chi connectivity index (χ0v) is 12.5. The summed E-state index contributed by atoms with van der Waals surface area (Å²) in [7, 11) is 1.88. The van der Waals surface area contributed by atoms with Gasteiger partial charge in [-0.15, -0.1) is 0 Å². The van der Waals surface area contributed by atoms with Crippen LogP contribution in [0.25, 0.3) is 0 Å². The molecule has 0 rings (SSSR count). The maximum Gasteiger partial charge on any atom is 0.224 e. The molecule has 0 bridgehead atoms. The number of carbonyl (C=O) groups is 2. The normalized spacial score (nSPS) is 10.7. The highest BCUT2D eigenvalue weighted by atomic mass is 16.2. The molecule has 3 nitrogen and oxygen atoms in total. The van der Waals surface area contributed by atoms with Crippen LogP contribution in [0.3, 0.4) is 0 Å². The largest absolute Gasteiger partial charge is 0.346 e. The second-order valence-electron chi connectivity index (χ2n) is 5.32. The summed E-state index contributed by atoms with van der Waals surface area (Å²) in [4.78, 5) is 24.5. The molecule has 0 saturated heterocycles. The summed E-state index contributed by atoms with van der Waals surface area (Å²) < 4.78 is 0. The van der Waals surface area contributed by atoms with Crippen molar-refractivity contribution in [3.8, 4) is 0 Å². The SMILES string of the molecule is CCC(=O)CCCCCCCN(C)C(=O)C(C)C. The Labute approximate surface area is 112 Å². The molecule has 0 aliphatic rings. The van der Waals surface area contributed by atoms with E-state index in [4.69, 9.17) is 0 Å². The van der Waals surface area contributed by atoms with Crippen LogP contribution in [0, 0.1) is 5.92 Å². The Morgan fingerprint density at radius 2 is 1.56 bits per heavy atom.